The molecule has 2 aromatic heterocycles. The van der Waals surface area contributed by atoms with Crippen molar-refractivity contribution in [1.82, 2.24) is 30.1 Å². The average Bonchev–Trinajstić information content (AvgIpc) is 3.42. The van der Waals surface area contributed by atoms with Crippen LogP contribution in [-0.4, -0.2) is 37.2 Å². The second-order valence-corrected chi connectivity index (χ2v) is 10.3. The van der Waals surface area contributed by atoms with Crippen LogP contribution in [0.1, 0.15) is 60.0 Å². The molecule has 0 fully saturated rings. The molecule has 0 amide bonds. The van der Waals surface area contributed by atoms with Gasteiger partial charge in [0, 0.05) is 24.2 Å². The van der Waals surface area contributed by atoms with Crippen LogP contribution in [0.3, 0.4) is 0 Å². The molecule has 8 nitrogen and oxygen atoms in total. The number of aromatic nitrogens is 5. The first-order valence-corrected chi connectivity index (χ1v) is 13.8. The smallest absolute Gasteiger partial charge is 0.252 e. The fraction of sp³-hybridized carbons (Fsp3) is 0.312. The largest absolute Gasteiger partial charge is 0.497 e. The molecule has 1 N–H and O–H groups in total. The number of H-pyrrole nitrogens is 1. The number of tetrazole rings is 1. The van der Waals surface area contributed by atoms with Gasteiger partial charge in [-0.05, 0) is 82.6 Å². The Balaban J connectivity index is 1.50. The molecule has 0 unspecified atom stereocenters. The van der Waals surface area contributed by atoms with Crippen molar-refractivity contribution in [3.63, 3.8) is 0 Å². The zero-order valence-electron chi connectivity index (χ0n) is 23.6. The number of nitrogens with one attached hydrogen (secondary N) is 1. The number of hydrogen-bond donors (Lipinski definition) is 1. The number of nitrogens with zero attached hydrogens (tertiary/aromatic N) is 5. The predicted octanol–water partition coefficient (Wildman–Crippen LogP) is 5.60. The number of rotatable bonds is 11. The van der Waals surface area contributed by atoms with Crippen molar-refractivity contribution in [2.24, 2.45) is 0 Å². The quantitative estimate of drug-likeness (QED) is 0.237. The first-order valence-electron chi connectivity index (χ1n) is 13.8. The van der Waals surface area contributed by atoms with Gasteiger partial charge in [0.1, 0.15) is 5.75 Å². The molecule has 40 heavy (non-hydrogen) atoms. The number of ether oxygens (including phenoxy) is 1. The van der Waals surface area contributed by atoms with E-state index in [0.29, 0.717) is 19.6 Å². The number of aromatic amines is 1. The normalized spacial score (nSPS) is 12.2. The molecule has 1 atom stereocenters. The van der Waals surface area contributed by atoms with Crippen LogP contribution in [0.2, 0.25) is 0 Å². The van der Waals surface area contributed by atoms with Gasteiger partial charge in [0.05, 0.1) is 19.7 Å². The summed E-state index contributed by atoms with van der Waals surface area (Å²) >= 11 is 0. The standard InChI is InChI=1S/C32H36N6O2/c1-5-23-13-16-29-26(17-23)18-27(32(39)33-29)21-37(19-24-9-7-22(3)8-10-24)30(6-2)31-34-35-36-38(31)20-25-11-14-28(40-4)15-12-25/h7-18,30H,5-6,19-21H2,1-4H3,(H,33,39)/t30-/m1/s1. The molecule has 0 saturated carbocycles. The van der Waals surface area contributed by atoms with Gasteiger partial charge in [-0.1, -0.05) is 61.9 Å². The zero-order chi connectivity index (χ0) is 28.1. The molecule has 8 heteroatoms. The fourth-order valence-electron chi connectivity index (χ4n) is 5.13. The van der Waals surface area contributed by atoms with Crippen LogP contribution in [0.5, 0.6) is 5.75 Å². The summed E-state index contributed by atoms with van der Waals surface area (Å²) in [6.45, 7) is 8.01. The molecular weight excluding hydrogens is 500 g/mol. The van der Waals surface area contributed by atoms with Crippen LogP contribution >= 0.6 is 0 Å². The monoisotopic (exact) mass is 536 g/mol. The highest BCUT2D eigenvalue weighted by atomic mass is 16.5. The Morgan fingerprint density at radius 3 is 2.35 bits per heavy atom. The summed E-state index contributed by atoms with van der Waals surface area (Å²) < 4.78 is 7.16. The fourth-order valence-corrected chi connectivity index (χ4v) is 5.13. The maximum Gasteiger partial charge on any atom is 0.252 e. The van der Waals surface area contributed by atoms with Gasteiger partial charge < -0.3 is 9.72 Å². The lowest BCUT2D eigenvalue weighted by atomic mass is 10.0. The van der Waals surface area contributed by atoms with Crippen molar-refractivity contribution >= 4 is 10.9 Å². The van der Waals surface area contributed by atoms with Gasteiger partial charge in [-0.3, -0.25) is 9.69 Å². The van der Waals surface area contributed by atoms with E-state index < -0.39 is 0 Å². The minimum absolute atomic E-state index is 0.0710. The Morgan fingerprint density at radius 1 is 0.925 bits per heavy atom. The van der Waals surface area contributed by atoms with E-state index in [1.807, 2.05) is 41.1 Å². The number of aryl methyl sites for hydroxylation is 2. The van der Waals surface area contributed by atoms with Crippen LogP contribution < -0.4 is 10.3 Å². The van der Waals surface area contributed by atoms with E-state index in [0.717, 1.165) is 46.4 Å². The Morgan fingerprint density at radius 2 is 1.65 bits per heavy atom. The third kappa shape index (κ3) is 6.13. The first-order chi connectivity index (χ1) is 19.5. The molecule has 0 spiro atoms. The van der Waals surface area contributed by atoms with Gasteiger partial charge in [-0.25, -0.2) is 4.68 Å². The van der Waals surface area contributed by atoms with E-state index in [9.17, 15) is 4.79 Å². The molecule has 0 radical (unpaired) electrons. The van der Waals surface area contributed by atoms with Gasteiger partial charge in [-0.15, -0.1) is 5.10 Å². The summed E-state index contributed by atoms with van der Waals surface area (Å²) in [6, 6.07) is 24.6. The van der Waals surface area contributed by atoms with Crippen molar-refractivity contribution in [1.29, 1.82) is 0 Å². The Bertz CT molecular complexity index is 1620. The Kier molecular flexibility index (Phi) is 8.36. The second kappa shape index (κ2) is 12.3. The summed E-state index contributed by atoms with van der Waals surface area (Å²) in [7, 11) is 1.66. The first kappa shape index (κ1) is 27.3. The van der Waals surface area contributed by atoms with Crippen LogP contribution in [0, 0.1) is 6.92 Å². The third-order valence-electron chi connectivity index (χ3n) is 7.45. The van der Waals surface area contributed by atoms with E-state index in [1.54, 1.807) is 7.11 Å². The highest BCUT2D eigenvalue weighted by molar-refractivity contribution is 5.79. The van der Waals surface area contributed by atoms with E-state index in [4.69, 9.17) is 4.74 Å². The lowest BCUT2D eigenvalue weighted by Gasteiger charge is -2.30. The van der Waals surface area contributed by atoms with Crippen molar-refractivity contribution < 1.29 is 4.74 Å². The van der Waals surface area contributed by atoms with Crippen molar-refractivity contribution in [3.05, 3.63) is 117 Å². The van der Waals surface area contributed by atoms with E-state index in [2.05, 4.69) is 82.6 Å². The summed E-state index contributed by atoms with van der Waals surface area (Å²) in [6.07, 6.45) is 1.72. The highest BCUT2D eigenvalue weighted by Gasteiger charge is 2.26. The van der Waals surface area contributed by atoms with Crippen LogP contribution in [0.15, 0.2) is 77.6 Å². The average molecular weight is 537 g/mol. The molecule has 5 aromatic rings. The van der Waals surface area contributed by atoms with Crippen LogP contribution in [-0.2, 0) is 26.1 Å². The topological polar surface area (TPSA) is 88.9 Å². The van der Waals surface area contributed by atoms with Gasteiger partial charge in [0.2, 0.25) is 0 Å². The van der Waals surface area contributed by atoms with E-state index in [-0.39, 0.29) is 11.6 Å². The number of methoxy groups -OCH3 is 1. The van der Waals surface area contributed by atoms with Gasteiger partial charge in [0.15, 0.2) is 5.82 Å². The van der Waals surface area contributed by atoms with Gasteiger partial charge >= 0.3 is 0 Å². The number of benzene rings is 3. The van der Waals surface area contributed by atoms with Gasteiger partial charge in [-0.2, -0.15) is 0 Å². The summed E-state index contributed by atoms with van der Waals surface area (Å²) in [5.74, 6) is 1.58. The van der Waals surface area contributed by atoms with E-state index >= 15 is 0 Å². The molecule has 0 aliphatic carbocycles. The molecular formula is C32H36N6O2. The Labute approximate surface area is 234 Å². The van der Waals surface area contributed by atoms with Crippen molar-refractivity contribution in [3.8, 4) is 5.75 Å². The second-order valence-electron chi connectivity index (χ2n) is 10.3. The Hall–Kier alpha value is -4.30. The number of hydrogen-bond acceptors (Lipinski definition) is 6. The minimum atomic E-state index is -0.105. The molecule has 0 aliphatic rings. The summed E-state index contributed by atoms with van der Waals surface area (Å²) in [4.78, 5) is 18.6. The maximum atomic E-state index is 13.2. The van der Waals surface area contributed by atoms with E-state index in [1.165, 1.54) is 16.7 Å². The molecule has 3 aromatic carbocycles. The van der Waals surface area contributed by atoms with Crippen LogP contribution in [0.25, 0.3) is 10.9 Å². The molecule has 206 valence electrons. The minimum Gasteiger partial charge on any atom is -0.497 e. The van der Waals surface area contributed by atoms with Crippen LogP contribution in [0.4, 0.5) is 0 Å². The molecule has 0 saturated heterocycles. The van der Waals surface area contributed by atoms with Crippen molar-refractivity contribution in [2.45, 2.75) is 59.3 Å². The highest BCUT2D eigenvalue weighted by Crippen LogP contribution is 2.27. The van der Waals surface area contributed by atoms with Crippen molar-refractivity contribution in [2.75, 3.05) is 7.11 Å². The number of fused-ring (bicyclic) bond motifs is 1. The predicted molar refractivity (Wildman–Crippen MR) is 157 cm³/mol. The molecule has 0 aliphatic heterocycles. The molecule has 0 bridgehead atoms. The lowest BCUT2D eigenvalue weighted by molar-refractivity contribution is 0.161. The zero-order valence-corrected chi connectivity index (χ0v) is 23.6. The maximum absolute atomic E-state index is 13.2. The number of pyridine rings is 1. The van der Waals surface area contributed by atoms with Gasteiger partial charge in [0.25, 0.3) is 5.56 Å². The molecule has 2 heterocycles. The lowest BCUT2D eigenvalue weighted by Crippen LogP contribution is -2.32. The third-order valence-corrected chi connectivity index (χ3v) is 7.45. The molecule has 5 rings (SSSR count). The summed E-state index contributed by atoms with van der Waals surface area (Å²) in [5.41, 5.74) is 6.20. The summed E-state index contributed by atoms with van der Waals surface area (Å²) in [5, 5.41) is 13.9. The SMILES string of the molecule is CCc1ccc2[nH]c(=O)c(CN(Cc3ccc(C)cc3)[C@H](CC)c3nnnn3Cc3ccc(OC)cc3)cc2c1.